The van der Waals surface area contributed by atoms with E-state index in [4.69, 9.17) is 38.0 Å². The lowest BCUT2D eigenvalue weighted by molar-refractivity contribution is 0.240. The fourth-order valence-corrected chi connectivity index (χ4v) is 3.47. The molecule has 0 saturated heterocycles. The minimum atomic E-state index is 0.437. The summed E-state index contributed by atoms with van der Waals surface area (Å²) in [4.78, 5) is 6.55. The molecule has 29 heavy (non-hydrogen) atoms. The minimum Gasteiger partial charge on any atom is -0.496 e. The van der Waals surface area contributed by atoms with Crippen molar-refractivity contribution >= 4 is 23.8 Å². The molecular formula is C20H23ClN4O3S. The van der Waals surface area contributed by atoms with Crippen LogP contribution in [0.15, 0.2) is 36.4 Å². The normalized spacial score (nSPS) is 11.0. The van der Waals surface area contributed by atoms with Crippen LogP contribution in [0.2, 0.25) is 5.02 Å². The van der Waals surface area contributed by atoms with Gasteiger partial charge in [0.2, 0.25) is 4.77 Å². The minimum absolute atomic E-state index is 0.437. The molecule has 154 valence electrons. The van der Waals surface area contributed by atoms with E-state index < -0.39 is 0 Å². The summed E-state index contributed by atoms with van der Waals surface area (Å²) < 4.78 is 18.5. The number of hydrogen-bond acceptors (Lipinski definition) is 6. The van der Waals surface area contributed by atoms with Crippen molar-refractivity contribution in [2.45, 2.75) is 13.2 Å². The van der Waals surface area contributed by atoms with E-state index in [0.717, 1.165) is 16.9 Å². The fourth-order valence-electron chi connectivity index (χ4n) is 3.10. The fraction of sp³-hybridized carbons (Fsp3) is 0.300. The van der Waals surface area contributed by atoms with Gasteiger partial charge in [0.15, 0.2) is 17.3 Å². The molecule has 0 fully saturated rings. The van der Waals surface area contributed by atoms with Gasteiger partial charge in [0.1, 0.15) is 5.75 Å². The van der Waals surface area contributed by atoms with E-state index in [-0.39, 0.29) is 0 Å². The van der Waals surface area contributed by atoms with Crippen molar-refractivity contribution in [3.05, 3.63) is 51.8 Å². The van der Waals surface area contributed by atoms with Crippen molar-refractivity contribution in [1.82, 2.24) is 19.7 Å². The van der Waals surface area contributed by atoms with Crippen LogP contribution in [0.4, 0.5) is 0 Å². The van der Waals surface area contributed by atoms with Crippen molar-refractivity contribution in [2.24, 2.45) is 0 Å². The zero-order valence-electron chi connectivity index (χ0n) is 16.7. The molecule has 9 heteroatoms. The molecule has 0 unspecified atom stereocenters. The molecule has 7 nitrogen and oxygen atoms in total. The van der Waals surface area contributed by atoms with E-state index in [2.05, 4.69) is 15.0 Å². The molecule has 0 saturated carbocycles. The standard InChI is InChI=1S/C20H23ClN4O3S/c1-24(11-13-6-5-7-17(27-3)18(13)28-4)12-25-20(29)22-19(23-25)15-10-14(21)8-9-16(15)26-2/h5-10H,11-12H2,1-4H3,(H,22,23,29). The van der Waals surface area contributed by atoms with E-state index in [0.29, 0.717) is 40.3 Å². The zero-order chi connectivity index (χ0) is 21.0. The van der Waals surface area contributed by atoms with Crippen molar-refractivity contribution in [1.29, 1.82) is 0 Å². The Morgan fingerprint density at radius 2 is 1.86 bits per heavy atom. The van der Waals surface area contributed by atoms with Crippen LogP contribution in [0.3, 0.4) is 0 Å². The van der Waals surface area contributed by atoms with Crippen molar-refractivity contribution in [3.63, 3.8) is 0 Å². The summed E-state index contributed by atoms with van der Waals surface area (Å²) in [5.74, 6) is 2.69. The second-order valence-corrected chi connectivity index (χ2v) is 7.24. The molecular weight excluding hydrogens is 412 g/mol. The summed E-state index contributed by atoms with van der Waals surface area (Å²) in [6, 6.07) is 11.2. The topological polar surface area (TPSA) is 64.5 Å². The summed E-state index contributed by atoms with van der Waals surface area (Å²) in [5.41, 5.74) is 1.76. The largest absolute Gasteiger partial charge is 0.496 e. The van der Waals surface area contributed by atoms with Crippen molar-refractivity contribution < 1.29 is 14.2 Å². The average molecular weight is 435 g/mol. The van der Waals surface area contributed by atoms with Crippen LogP contribution in [0, 0.1) is 4.77 Å². The predicted molar refractivity (Wildman–Crippen MR) is 115 cm³/mol. The third-order valence-corrected chi connectivity index (χ3v) is 4.95. The van der Waals surface area contributed by atoms with E-state index >= 15 is 0 Å². The highest BCUT2D eigenvalue weighted by Gasteiger charge is 2.14. The molecule has 2 aromatic carbocycles. The second kappa shape index (κ2) is 9.30. The van der Waals surface area contributed by atoms with Gasteiger partial charge >= 0.3 is 0 Å². The Bertz CT molecular complexity index is 1050. The molecule has 0 aliphatic heterocycles. The maximum atomic E-state index is 6.14. The highest BCUT2D eigenvalue weighted by molar-refractivity contribution is 7.71. The number of aromatic amines is 1. The van der Waals surface area contributed by atoms with Crippen LogP contribution in [0.5, 0.6) is 17.2 Å². The molecule has 0 radical (unpaired) electrons. The van der Waals surface area contributed by atoms with Crippen LogP contribution in [0.1, 0.15) is 5.56 Å². The summed E-state index contributed by atoms with van der Waals surface area (Å²) >= 11 is 11.6. The Hall–Kier alpha value is -2.55. The molecule has 1 N–H and O–H groups in total. The summed E-state index contributed by atoms with van der Waals surface area (Å²) in [6.07, 6.45) is 0. The number of halogens is 1. The molecule has 0 aliphatic carbocycles. The number of para-hydroxylation sites is 1. The van der Waals surface area contributed by atoms with Gasteiger partial charge in [-0.2, -0.15) is 4.98 Å². The van der Waals surface area contributed by atoms with Gasteiger partial charge in [-0.25, -0.2) is 4.68 Å². The average Bonchev–Trinajstić information content (AvgIpc) is 3.07. The first-order valence-corrected chi connectivity index (χ1v) is 9.64. The predicted octanol–water partition coefficient (Wildman–Crippen LogP) is 4.38. The quantitative estimate of drug-likeness (QED) is 0.531. The van der Waals surface area contributed by atoms with E-state index in [1.807, 2.05) is 25.2 Å². The summed E-state index contributed by atoms with van der Waals surface area (Å²) in [6.45, 7) is 1.14. The highest BCUT2D eigenvalue weighted by atomic mass is 35.5. The number of nitrogens with zero attached hydrogens (tertiary/aromatic N) is 3. The first kappa shape index (κ1) is 21.2. The molecule has 0 amide bonds. The molecule has 1 heterocycles. The first-order chi connectivity index (χ1) is 14.0. The first-order valence-electron chi connectivity index (χ1n) is 8.86. The molecule has 0 bridgehead atoms. The number of benzene rings is 2. The SMILES string of the molecule is COc1ccc(Cl)cc1-c1nc(=S)n(CN(C)Cc2cccc(OC)c2OC)[nH]1. The van der Waals surface area contributed by atoms with Gasteiger partial charge in [-0.1, -0.05) is 23.7 Å². The van der Waals surface area contributed by atoms with Gasteiger partial charge in [0.05, 0.1) is 33.6 Å². The Morgan fingerprint density at radius 3 is 2.55 bits per heavy atom. The zero-order valence-corrected chi connectivity index (χ0v) is 18.3. The summed E-state index contributed by atoms with van der Waals surface area (Å²) in [5, 5.41) is 3.83. The van der Waals surface area contributed by atoms with Gasteiger partial charge in [-0.05, 0) is 43.5 Å². The Kier molecular flexibility index (Phi) is 6.79. The van der Waals surface area contributed by atoms with Gasteiger partial charge < -0.3 is 14.2 Å². The lowest BCUT2D eigenvalue weighted by Crippen LogP contribution is -2.22. The van der Waals surface area contributed by atoms with Crippen molar-refractivity contribution in [2.75, 3.05) is 28.4 Å². The second-order valence-electron chi connectivity index (χ2n) is 6.44. The number of ether oxygens (including phenoxy) is 3. The molecule has 3 aromatic rings. The highest BCUT2D eigenvalue weighted by Crippen LogP contribution is 2.32. The Morgan fingerprint density at radius 1 is 1.10 bits per heavy atom. The molecule has 1 aromatic heterocycles. The third-order valence-electron chi connectivity index (χ3n) is 4.40. The number of aromatic nitrogens is 3. The van der Waals surface area contributed by atoms with Crippen LogP contribution in [-0.4, -0.2) is 48.0 Å². The van der Waals surface area contributed by atoms with Crippen molar-refractivity contribution in [3.8, 4) is 28.6 Å². The monoisotopic (exact) mass is 434 g/mol. The number of H-pyrrole nitrogens is 1. The lowest BCUT2D eigenvalue weighted by atomic mass is 10.1. The van der Waals surface area contributed by atoms with E-state index in [9.17, 15) is 0 Å². The molecule has 0 atom stereocenters. The van der Waals surface area contributed by atoms with Gasteiger partial charge in [0.25, 0.3) is 0 Å². The van der Waals surface area contributed by atoms with E-state index in [1.165, 1.54) is 0 Å². The maximum Gasteiger partial charge on any atom is 0.217 e. The van der Waals surface area contributed by atoms with E-state index in [1.54, 1.807) is 44.2 Å². The lowest BCUT2D eigenvalue weighted by Gasteiger charge is -2.19. The number of methoxy groups -OCH3 is 3. The summed E-state index contributed by atoms with van der Waals surface area (Å²) in [7, 11) is 6.85. The van der Waals surface area contributed by atoms with Crippen LogP contribution < -0.4 is 14.2 Å². The number of rotatable bonds is 8. The van der Waals surface area contributed by atoms with Gasteiger partial charge in [-0.15, -0.1) is 0 Å². The Labute approximate surface area is 179 Å². The molecule has 3 rings (SSSR count). The smallest absolute Gasteiger partial charge is 0.217 e. The number of nitrogens with one attached hydrogen (secondary N) is 1. The van der Waals surface area contributed by atoms with Gasteiger partial charge in [-0.3, -0.25) is 10.00 Å². The van der Waals surface area contributed by atoms with Gasteiger partial charge in [0, 0.05) is 17.1 Å². The Balaban J connectivity index is 1.82. The maximum absolute atomic E-state index is 6.14. The third kappa shape index (κ3) is 4.72. The number of hydrogen-bond donors (Lipinski definition) is 1. The van der Waals surface area contributed by atoms with Crippen LogP contribution in [0.25, 0.3) is 11.4 Å². The van der Waals surface area contributed by atoms with Crippen LogP contribution in [-0.2, 0) is 13.2 Å². The molecule has 0 spiro atoms. The molecule has 0 aliphatic rings. The van der Waals surface area contributed by atoms with Crippen LogP contribution >= 0.6 is 23.8 Å².